The van der Waals surface area contributed by atoms with Gasteiger partial charge < -0.3 is 14.8 Å². The van der Waals surface area contributed by atoms with Crippen molar-refractivity contribution in [3.63, 3.8) is 0 Å². The number of aromatic nitrogens is 2. The summed E-state index contributed by atoms with van der Waals surface area (Å²) in [6.07, 6.45) is 4.79. The number of hydroxylamine groups is 1. The van der Waals surface area contributed by atoms with E-state index in [9.17, 15) is 13.6 Å². The fourth-order valence-electron chi connectivity index (χ4n) is 3.13. The van der Waals surface area contributed by atoms with Crippen LogP contribution in [0.15, 0.2) is 36.7 Å². The predicted molar refractivity (Wildman–Crippen MR) is 114 cm³/mol. The Labute approximate surface area is 183 Å². The SMILES string of the molecule is COc1cc2ncnc(Nc3ccc(F)c(F)c3)c2cc1OCCCCCCC(=O)NO. The van der Waals surface area contributed by atoms with Gasteiger partial charge in [-0.1, -0.05) is 12.8 Å². The van der Waals surface area contributed by atoms with Gasteiger partial charge in [0, 0.05) is 29.6 Å². The number of nitrogens with one attached hydrogen (secondary N) is 2. The van der Waals surface area contributed by atoms with Crippen molar-refractivity contribution in [2.24, 2.45) is 0 Å². The number of rotatable bonds is 11. The molecular weight excluding hydrogens is 422 g/mol. The van der Waals surface area contributed by atoms with E-state index in [1.54, 1.807) is 17.6 Å². The molecule has 0 spiro atoms. The first-order chi connectivity index (χ1) is 15.5. The maximum absolute atomic E-state index is 13.6. The molecule has 170 valence electrons. The first-order valence-corrected chi connectivity index (χ1v) is 10.1. The first-order valence-electron chi connectivity index (χ1n) is 10.1. The van der Waals surface area contributed by atoms with E-state index in [4.69, 9.17) is 14.7 Å². The summed E-state index contributed by atoms with van der Waals surface area (Å²) in [5.41, 5.74) is 2.55. The third kappa shape index (κ3) is 6.01. The van der Waals surface area contributed by atoms with Crippen LogP contribution < -0.4 is 20.3 Å². The van der Waals surface area contributed by atoms with Crippen LogP contribution in [0.2, 0.25) is 0 Å². The Kier molecular flexibility index (Phi) is 8.09. The van der Waals surface area contributed by atoms with Gasteiger partial charge in [0.25, 0.3) is 0 Å². The van der Waals surface area contributed by atoms with Crippen molar-refractivity contribution in [3.8, 4) is 11.5 Å². The zero-order valence-electron chi connectivity index (χ0n) is 17.5. The van der Waals surface area contributed by atoms with Crippen molar-refractivity contribution in [2.45, 2.75) is 32.1 Å². The number of amides is 1. The third-order valence-corrected chi connectivity index (χ3v) is 4.78. The van der Waals surface area contributed by atoms with Gasteiger partial charge in [-0.2, -0.15) is 0 Å². The van der Waals surface area contributed by atoms with Crippen LogP contribution in [0.3, 0.4) is 0 Å². The Morgan fingerprint density at radius 1 is 1.03 bits per heavy atom. The second-order valence-corrected chi connectivity index (χ2v) is 7.04. The molecule has 3 aromatic rings. The second-order valence-electron chi connectivity index (χ2n) is 7.04. The smallest absolute Gasteiger partial charge is 0.243 e. The number of unbranched alkanes of at least 4 members (excludes halogenated alkanes) is 3. The average Bonchev–Trinajstić information content (AvgIpc) is 2.80. The molecule has 1 heterocycles. The minimum atomic E-state index is -0.962. The summed E-state index contributed by atoms with van der Waals surface area (Å²) in [5.74, 6) is -0.860. The van der Waals surface area contributed by atoms with Gasteiger partial charge in [-0.15, -0.1) is 0 Å². The zero-order chi connectivity index (χ0) is 22.9. The van der Waals surface area contributed by atoms with Crippen LogP contribution in [0.5, 0.6) is 11.5 Å². The summed E-state index contributed by atoms with van der Waals surface area (Å²) in [7, 11) is 1.53. The molecule has 0 bridgehead atoms. The highest BCUT2D eigenvalue weighted by atomic mass is 19.2. The van der Waals surface area contributed by atoms with E-state index in [2.05, 4.69) is 15.3 Å². The number of hydrogen-bond donors (Lipinski definition) is 3. The molecule has 10 heteroatoms. The normalized spacial score (nSPS) is 10.8. The maximum atomic E-state index is 13.6. The van der Waals surface area contributed by atoms with Crippen molar-refractivity contribution in [3.05, 3.63) is 48.3 Å². The topological polar surface area (TPSA) is 106 Å². The number of nitrogens with zero attached hydrogens (tertiary/aromatic N) is 2. The van der Waals surface area contributed by atoms with Crippen molar-refractivity contribution in [1.82, 2.24) is 15.4 Å². The van der Waals surface area contributed by atoms with Crippen LogP contribution >= 0.6 is 0 Å². The Morgan fingerprint density at radius 3 is 2.59 bits per heavy atom. The van der Waals surface area contributed by atoms with Gasteiger partial charge in [0.05, 0.1) is 19.2 Å². The Balaban J connectivity index is 1.69. The highest BCUT2D eigenvalue weighted by Gasteiger charge is 2.13. The van der Waals surface area contributed by atoms with Crippen molar-refractivity contribution < 1.29 is 28.3 Å². The van der Waals surface area contributed by atoms with Crippen molar-refractivity contribution >= 4 is 28.3 Å². The van der Waals surface area contributed by atoms with E-state index in [1.807, 2.05) is 0 Å². The Morgan fingerprint density at radius 2 is 1.84 bits per heavy atom. The van der Waals surface area contributed by atoms with Crippen LogP contribution in [0, 0.1) is 11.6 Å². The summed E-state index contributed by atoms with van der Waals surface area (Å²) in [6, 6.07) is 6.96. The molecule has 0 saturated heterocycles. The van der Waals surface area contributed by atoms with Crippen LogP contribution in [0.4, 0.5) is 20.3 Å². The van der Waals surface area contributed by atoms with Gasteiger partial charge >= 0.3 is 0 Å². The Hall–Kier alpha value is -3.53. The summed E-state index contributed by atoms with van der Waals surface area (Å²) < 4.78 is 38.1. The molecule has 32 heavy (non-hydrogen) atoms. The summed E-state index contributed by atoms with van der Waals surface area (Å²) in [4.78, 5) is 19.4. The third-order valence-electron chi connectivity index (χ3n) is 4.78. The van der Waals surface area contributed by atoms with Crippen LogP contribution in [-0.4, -0.2) is 34.8 Å². The van der Waals surface area contributed by atoms with E-state index in [1.165, 1.54) is 19.5 Å². The minimum absolute atomic E-state index is 0.281. The number of anilines is 2. The van der Waals surface area contributed by atoms with E-state index >= 15 is 0 Å². The highest BCUT2D eigenvalue weighted by Crippen LogP contribution is 2.35. The van der Waals surface area contributed by atoms with E-state index < -0.39 is 17.5 Å². The standard InChI is InChI=1S/C22H24F2N4O4/c1-31-19-12-18-15(11-20(19)32-9-5-3-2-4-6-21(29)28-30)22(26-13-25-18)27-14-7-8-16(23)17(24)10-14/h7-8,10-13,30H,2-6,9H2,1H3,(H,28,29)(H,25,26,27). The molecule has 1 aromatic heterocycles. The monoisotopic (exact) mass is 446 g/mol. The highest BCUT2D eigenvalue weighted by molar-refractivity contribution is 5.93. The molecule has 3 N–H and O–H groups in total. The number of carbonyl (C=O) groups is 1. The number of methoxy groups -OCH3 is 1. The molecule has 0 atom stereocenters. The summed E-state index contributed by atoms with van der Waals surface area (Å²) in [6.45, 7) is 0.438. The molecule has 0 saturated carbocycles. The van der Waals surface area contributed by atoms with Crippen LogP contribution in [-0.2, 0) is 4.79 Å². The molecule has 0 unspecified atom stereocenters. The number of halogens is 2. The predicted octanol–water partition coefficient (Wildman–Crippen LogP) is 4.49. The molecule has 0 aliphatic heterocycles. The Bertz CT molecular complexity index is 1080. The number of fused-ring (bicyclic) bond motifs is 1. The molecule has 0 aliphatic carbocycles. The second kappa shape index (κ2) is 11.2. The first kappa shape index (κ1) is 23.1. The van der Waals surface area contributed by atoms with E-state index in [0.717, 1.165) is 31.4 Å². The minimum Gasteiger partial charge on any atom is -0.493 e. The summed E-state index contributed by atoms with van der Waals surface area (Å²) >= 11 is 0. The lowest BCUT2D eigenvalue weighted by Crippen LogP contribution is -2.17. The van der Waals surface area contributed by atoms with Gasteiger partial charge in [0.2, 0.25) is 5.91 Å². The molecule has 0 radical (unpaired) electrons. The molecule has 3 rings (SSSR count). The van der Waals surface area contributed by atoms with Crippen LogP contribution in [0.1, 0.15) is 32.1 Å². The molecular formula is C22H24F2N4O4. The molecule has 8 nitrogen and oxygen atoms in total. The van der Waals surface area contributed by atoms with E-state index in [-0.39, 0.29) is 6.42 Å². The van der Waals surface area contributed by atoms with Gasteiger partial charge in [-0.3, -0.25) is 10.0 Å². The zero-order valence-corrected chi connectivity index (χ0v) is 17.5. The fourth-order valence-corrected chi connectivity index (χ4v) is 3.13. The lowest BCUT2D eigenvalue weighted by Gasteiger charge is -2.14. The molecule has 1 amide bonds. The van der Waals surface area contributed by atoms with Crippen LogP contribution in [0.25, 0.3) is 10.9 Å². The van der Waals surface area contributed by atoms with Gasteiger partial charge in [0.1, 0.15) is 12.1 Å². The van der Waals surface area contributed by atoms with Gasteiger partial charge in [-0.05, 0) is 31.0 Å². The largest absolute Gasteiger partial charge is 0.493 e. The number of hydrogen-bond acceptors (Lipinski definition) is 7. The molecule has 0 fully saturated rings. The van der Waals surface area contributed by atoms with Crippen molar-refractivity contribution in [2.75, 3.05) is 19.0 Å². The lowest BCUT2D eigenvalue weighted by molar-refractivity contribution is -0.129. The maximum Gasteiger partial charge on any atom is 0.243 e. The molecule has 2 aromatic carbocycles. The quantitative estimate of drug-likeness (QED) is 0.226. The van der Waals surface area contributed by atoms with Gasteiger partial charge in [-0.25, -0.2) is 24.2 Å². The van der Waals surface area contributed by atoms with E-state index in [0.29, 0.717) is 46.9 Å². The van der Waals surface area contributed by atoms with Crippen molar-refractivity contribution in [1.29, 1.82) is 0 Å². The lowest BCUT2D eigenvalue weighted by atomic mass is 10.1. The number of carbonyl (C=O) groups excluding carboxylic acids is 1. The average molecular weight is 446 g/mol. The van der Waals surface area contributed by atoms with Gasteiger partial charge in [0.15, 0.2) is 23.1 Å². The number of ether oxygens (including phenoxy) is 2. The number of benzene rings is 2. The fraction of sp³-hybridized carbons (Fsp3) is 0.318. The summed E-state index contributed by atoms with van der Waals surface area (Å²) in [5, 5.41) is 12.1. The molecule has 0 aliphatic rings.